The number of hydrogen-bond acceptors (Lipinski definition) is 4. The smallest absolute Gasteiger partial charge is 0.273 e. The average molecular weight is 412 g/mol. The number of carbonyl (C=O) groups excluding carboxylic acids is 2. The molecule has 0 heterocycles. The highest BCUT2D eigenvalue weighted by atomic mass is 16.6. The molecule has 2 atom stereocenters. The molecule has 1 N–H and O–H groups in total. The zero-order valence-corrected chi connectivity index (χ0v) is 17.9. The molecule has 2 amide bonds. The molecular weight excluding hydrogens is 382 g/mol. The van der Waals surface area contributed by atoms with E-state index in [0.717, 1.165) is 17.5 Å². The van der Waals surface area contributed by atoms with Crippen molar-refractivity contribution in [3.05, 3.63) is 75.3 Å². The first kappa shape index (κ1) is 23.1. The first-order chi connectivity index (χ1) is 14.2. The van der Waals surface area contributed by atoms with Gasteiger partial charge >= 0.3 is 0 Å². The molecule has 0 aliphatic rings. The SMILES string of the molecule is CC[C@H](C)NC(=O)[C@@H](C)N(Cc1ccccc1C)C(=O)Cc1ccccc1[N+](=O)[O-]. The number of nitro groups is 1. The maximum absolute atomic E-state index is 13.2. The molecule has 2 rings (SSSR count). The maximum Gasteiger partial charge on any atom is 0.273 e. The van der Waals surface area contributed by atoms with Crippen LogP contribution in [0.25, 0.3) is 0 Å². The fraction of sp³-hybridized carbons (Fsp3) is 0.391. The van der Waals surface area contributed by atoms with Crippen LogP contribution in [-0.4, -0.2) is 33.7 Å². The molecule has 160 valence electrons. The van der Waals surface area contributed by atoms with Crippen LogP contribution in [0.5, 0.6) is 0 Å². The number of rotatable bonds is 9. The molecule has 7 nitrogen and oxygen atoms in total. The lowest BCUT2D eigenvalue weighted by molar-refractivity contribution is -0.385. The van der Waals surface area contributed by atoms with Crippen LogP contribution in [0.1, 0.15) is 43.9 Å². The highest BCUT2D eigenvalue weighted by Crippen LogP contribution is 2.21. The molecule has 0 aliphatic heterocycles. The van der Waals surface area contributed by atoms with Gasteiger partial charge in [-0.25, -0.2) is 0 Å². The van der Waals surface area contributed by atoms with Crippen molar-refractivity contribution in [2.24, 2.45) is 0 Å². The van der Waals surface area contributed by atoms with Crippen LogP contribution >= 0.6 is 0 Å². The summed E-state index contributed by atoms with van der Waals surface area (Å²) in [7, 11) is 0. The molecule has 0 unspecified atom stereocenters. The quantitative estimate of drug-likeness (QED) is 0.502. The minimum absolute atomic E-state index is 0.00873. The molecule has 7 heteroatoms. The van der Waals surface area contributed by atoms with Crippen LogP contribution in [-0.2, 0) is 22.6 Å². The summed E-state index contributed by atoms with van der Waals surface area (Å²) in [6.07, 6.45) is 0.629. The first-order valence-electron chi connectivity index (χ1n) is 10.1. The van der Waals surface area contributed by atoms with Crippen LogP contribution in [0.2, 0.25) is 0 Å². The van der Waals surface area contributed by atoms with Gasteiger partial charge in [0.15, 0.2) is 0 Å². The predicted octanol–water partition coefficient (Wildman–Crippen LogP) is 3.78. The van der Waals surface area contributed by atoms with Crippen molar-refractivity contribution in [1.82, 2.24) is 10.2 Å². The summed E-state index contributed by atoms with van der Waals surface area (Å²) in [4.78, 5) is 38.3. The molecule has 0 radical (unpaired) electrons. The van der Waals surface area contributed by atoms with Gasteiger partial charge in [-0.2, -0.15) is 0 Å². The Morgan fingerprint density at radius 1 is 1.07 bits per heavy atom. The van der Waals surface area contributed by atoms with Crippen LogP contribution < -0.4 is 5.32 Å². The Labute approximate surface area is 177 Å². The van der Waals surface area contributed by atoms with E-state index in [9.17, 15) is 19.7 Å². The summed E-state index contributed by atoms with van der Waals surface area (Å²) in [5.74, 6) is -0.576. The third-order valence-electron chi connectivity index (χ3n) is 5.30. The van der Waals surface area contributed by atoms with Crippen molar-refractivity contribution >= 4 is 17.5 Å². The standard InChI is InChI=1S/C23H29N3O4/c1-5-17(3)24-23(28)18(4)25(15-20-12-7-6-10-16(20)2)22(27)14-19-11-8-9-13-21(19)26(29)30/h6-13,17-18H,5,14-15H2,1-4H3,(H,24,28)/t17-,18+/m0/s1. The third-order valence-corrected chi connectivity index (χ3v) is 5.30. The summed E-state index contributed by atoms with van der Waals surface area (Å²) >= 11 is 0. The Balaban J connectivity index is 2.32. The summed E-state index contributed by atoms with van der Waals surface area (Å²) in [5.41, 5.74) is 2.17. The fourth-order valence-electron chi connectivity index (χ4n) is 3.12. The molecular formula is C23H29N3O4. The second-order valence-corrected chi connectivity index (χ2v) is 7.50. The second-order valence-electron chi connectivity index (χ2n) is 7.50. The van der Waals surface area contributed by atoms with Gasteiger partial charge in [-0.1, -0.05) is 49.4 Å². The number of nitrogens with zero attached hydrogens (tertiary/aromatic N) is 2. The van der Waals surface area contributed by atoms with Gasteiger partial charge in [0.05, 0.1) is 11.3 Å². The number of aryl methyl sites for hydroxylation is 1. The molecule has 0 fully saturated rings. The Kier molecular flexibility index (Phi) is 8.09. The van der Waals surface area contributed by atoms with E-state index in [4.69, 9.17) is 0 Å². The summed E-state index contributed by atoms with van der Waals surface area (Å²) in [5, 5.41) is 14.2. The van der Waals surface area contributed by atoms with Gasteiger partial charge in [0.1, 0.15) is 6.04 Å². The molecule has 30 heavy (non-hydrogen) atoms. The van der Waals surface area contributed by atoms with Gasteiger partial charge in [0, 0.05) is 24.2 Å². The van der Waals surface area contributed by atoms with Crippen molar-refractivity contribution in [1.29, 1.82) is 0 Å². The largest absolute Gasteiger partial charge is 0.352 e. The Morgan fingerprint density at radius 3 is 2.27 bits per heavy atom. The Morgan fingerprint density at radius 2 is 1.67 bits per heavy atom. The van der Waals surface area contributed by atoms with Gasteiger partial charge in [0.25, 0.3) is 5.69 Å². The summed E-state index contributed by atoms with van der Waals surface area (Å²) in [6, 6.07) is 13.1. The van der Waals surface area contributed by atoms with Crippen molar-refractivity contribution in [2.45, 2.75) is 59.2 Å². The highest BCUT2D eigenvalue weighted by Gasteiger charge is 2.28. The fourth-order valence-corrected chi connectivity index (χ4v) is 3.12. The van der Waals surface area contributed by atoms with Gasteiger partial charge in [-0.05, 0) is 38.3 Å². The molecule has 2 aromatic rings. The number of hydrogen-bond donors (Lipinski definition) is 1. The summed E-state index contributed by atoms with van der Waals surface area (Å²) in [6.45, 7) is 7.77. The molecule has 0 spiro atoms. The number of para-hydroxylation sites is 1. The molecule has 0 aliphatic carbocycles. The first-order valence-corrected chi connectivity index (χ1v) is 10.1. The van der Waals surface area contributed by atoms with Gasteiger partial charge in [0.2, 0.25) is 11.8 Å². The number of benzene rings is 2. The number of amides is 2. The van der Waals surface area contributed by atoms with Crippen LogP contribution in [0.4, 0.5) is 5.69 Å². The predicted molar refractivity (Wildman–Crippen MR) is 116 cm³/mol. The van der Waals surface area contributed by atoms with Crippen molar-refractivity contribution in [2.75, 3.05) is 0 Å². The van der Waals surface area contributed by atoms with E-state index in [2.05, 4.69) is 5.32 Å². The van der Waals surface area contributed by atoms with E-state index in [1.54, 1.807) is 25.1 Å². The molecule has 0 aromatic heterocycles. The molecule has 0 saturated carbocycles. The Bertz CT molecular complexity index is 913. The topological polar surface area (TPSA) is 92.6 Å². The molecule has 0 bridgehead atoms. The van der Waals surface area contributed by atoms with Crippen LogP contribution in [0.15, 0.2) is 48.5 Å². The van der Waals surface area contributed by atoms with E-state index in [0.29, 0.717) is 5.56 Å². The molecule has 2 aromatic carbocycles. The Hall–Kier alpha value is -3.22. The van der Waals surface area contributed by atoms with E-state index >= 15 is 0 Å². The lowest BCUT2D eigenvalue weighted by Gasteiger charge is -2.30. The van der Waals surface area contributed by atoms with Gasteiger partial charge in [-0.3, -0.25) is 19.7 Å². The highest BCUT2D eigenvalue weighted by molar-refractivity contribution is 5.88. The minimum Gasteiger partial charge on any atom is -0.352 e. The van der Waals surface area contributed by atoms with Crippen molar-refractivity contribution in [3.8, 4) is 0 Å². The average Bonchev–Trinajstić information content (AvgIpc) is 2.72. The lowest BCUT2D eigenvalue weighted by atomic mass is 10.0. The number of nitrogens with one attached hydrogen (secondary N) is 1. The zero-order chi connectivity index (χ0) is 22.3. The van der Waals surface area contributed by atoms with Crippen LogP contribution in [0, 0.1) is 17.0 Å². The summed E-state index contributed by atoms with van der Waals surface area (Å²) < 4.78 is 0. The van der Waals surface area contributed by atoms with E-state index < -0.39 is 11.0 Å². The van der Waals surface area contributed by atoms with Crippen LogP contribution in [0.3, 0.4) is 0 Å². The number of carbonyl (C=O) groups is 2. The third kappa shape index (κ3) is 5.89. The van der Waals surface area contributed by atoms with Crippen molar-refractivity contribution < 1.29 is 14.5 Å². The number of nitro benzene ring substituents is 1. The second kappa shape index (κ2) is 10.5. The monoisotopic (exact) mass is 411 g/mol. The normalized spacial score (nSPS) is 12.7. The maximum atomic E-state index is 13.2. The van der Waals surface area contributed by atoms with Gasteiger partial charge < -0.3 is 10.2 Å². The van der Waals surface area contributed by atoms with E-state index in [1.807, 2.05) is 45.0 Å². The van der Waals surface area contributed by atoms with E-state index in [1.165, 1.54) is 11.0 Å². The lowest BCUT2D eigenvalue weighted by Crippen LogP contribution is -2.50. The molecule has 0 saturated heterocycles. The van der Waals surface area contributed by atoms with Crippen molar-refractivity contribution in [3.63, 3.8) is 0 Å². The minimum atomic E-state index is -0.714. The van der Waals surface area contributed by atoms with Gasteiger partial charge in [-0.15, -0.1) is 0 Å². The van der Waals surface area contributed by atoms with E-state index in [-0.39, 0.29) is 36.5 Å². The zero-order valence-electron chi connectivity index (χ0n) is 17.9.